The van der Waals surface area contributed by atoms with Gasteiger partial charge >= 0.3 is 0 Å². The lowest BCUT2D eigenvalue weighted by atomic mass is 9.79. The summed E-state index contributed by atoms with van der Waals surface area (Å²) in [6, 6.07) is 14.6. The molecule has 2 aliphatic heterocycles. The van der Waals surface area contributed by atoms with Gasteiger partial charge in [0.2, 0.25) is 5.72 Å². The highest BCUT2D eigenvalue weighted by molar-refractivity contribution is 7.07. The first-order valence-electron chi connectivity index (χ1n) is 9.67. The van der Waals surface area contributed by atoms with E-state index >= 15 is 0 Å². The lowest BCUT2D eigenvalue weighted by Gasteiger charge is -2.45. The van der Waals surface area contributed by atoms with Crippen LogP contribution in [0.4, 0.5) is 0 Å². The molecule has 3 atom stereocenters. The highest BCUT2D eigenvalue weighted by Crippen LogP contribution is 2.47. The van der Waals surface area contributed by atoms with Crippen molar-refractivity contribution in [2.24, 2.45) is 10.9 Å². The third-order valence-electron chi connectivity index (χ3n) is 5.71. The molecule has 2 aromatic carbocycles. The summed E-state index contributed by atoms with van der Waals surface area (Å²) in [5, 5.41) is 0. The van der Waals surface area contributed by atoms with E-state index in [4.69, 9.17) is 14.5 Å². The number of benzene rings is 2. The molecule has 0 amide bonds. The third kappa shape index (κ3) is 2.73. The summed E-state index contributed by atoms with van der Waals surface area (Å²) in [6.45, 7) is 3.36. The molecule has 0 fully saturated rings. The van der Waals surface area contributed by atoms with Crippen molar-refractivity contribution >= 4 is 23.2 Å². The van der Waals surface area contributed by atoms with Gasteiger partial charge in [0, 0.05) is 5.56 Å². The summed E-state index contributed by atoms with van der Waals surface area (Å²) >= 11 is 1.31. The van der Waals surface area contributed by atoms with Gasteiger partial charge in [-0.25, -0.2) is 4.99 Å². The molecule has 152 valence electrons. The summed E-state index contributed by atoms with van der Waals surface area (Å²) in [7, 11) is 1.61. The van der Waals surface area contributed by atoms with E-state index in [1.54, 1.807) is 11.7 Å². The molecule has 3 aromatic rings. The van der Waals surface area contributed by atoms with Gasteiger partial charge < -0.3 is 9.47 Å². The maximum absolute atomic E-state index is 13.5. The number of methoxy groups -OCH3 is 1. The fourth-order valence-electron chi connectivity index (χ4n) is 4.44. The smallest absolute Gasteiger partial charge is 0.270 e. The van der Waals surface area contributed by atoms with Crippen molar-refractivity contribution in [3.8, 4) is 11.5 Å². The molecule has 3 heterocycles. The minimum Gasteiger partial charge on any atom is -0.497 e. The first-order valence-corrected chi connectivity index (χ1v) is 10.5. The SMILES string of the molecule is COc1cccc(/C=c2\sc3n(c2=O)[C@@H]2c4ccccc4O[C@](C)(N=3)[C@H]2C(C)=O)c1. The zero-order valence-corrected chi connectivity index (χ0v) is 17.6. The second-order valence-electron chi connectivity index (χ2n) is 7.68. The van der Waals surface area contributed by atoms with Crippen LogP contribution in [0.25, 0.3) is 6.08 Å². The molecule has 30 heavy (non-hydrogen) atoms. The van der Waals surface area contributed by atoms with Crippen molar-refractivity contribution in [3.63, 3.8) is 0 Å². The Bertz CT molecular complexity index is 1360. The van der Waals surface area contributed by atoms with Crippen LogP contribution in [0.3, 0.4) is 0 Å². The standard InChI is InChI=1S/C23H20N2O4S/c1-13(26)19-20-16-9-4-5-10-17(16)29-23(19,2)24-22-25(20)21(27)18(30-22)12-14-7-6-8-15(11-14)28-3/h4-12,19-20H,1-3H3/b18-12-/t19-,20+,23-/m0/s1. The van der Waals surface area contributed by atoms with Crippen molar-refractivity contribution in [2.45, 2.75) is 25.6 Å². The molecular formula is C23H20N2O4S. The predicted molar refractivity (Wildman–Crippen MR) is 114 cm³/mol. The van der Waals surface area contributed by atoms with Gasteiger partial charge in [-0.2, -0.15) is 0 Å². The van der Waals surface area contributed by atoms with E-state index in [1.165, 1.54) is 18.3 Å². The van der Waals surface area contributed by atoms with Crippen LogP contribution in [0.1, 0.15) is 31.0 Å². The molecule has 6 nitrogen and oxygen atoms in total. The van der Waals surface area contributed by atoms with Crippen LogP contribution in [-0.2, 0) is 4.79 Å². The average molecular weight is 420 g/mol. The topological polar surface area (TPSA) is 69.9 Å². The van der Waals surface area contributed by atoms with Gasteiger partial charge in [0.05, 0.1) is 17.7 Å². The molecule has 0 radical (unpaired) electrons. The predicted octanol–water partition coefficient (Wildman–Crippen LogP) is 2.28. The van der Waals surface area contributed by atoms with Crippen LogP contribution in [-0.4, -0.2) is 23.2 Å². The van der Waals surface area contributed by atoms with Crippen LogP contribution in [0, 0.1) is 5.92 Å². The molecule has 0 unspecified atom stereocenters. The first kappa shape index (κ1) is 18.8. The Balaban J connectivity index is 1.78. The number of para-hydroxylation sites is 1. The number of fused-ring (bicyclic) bond motifs is 6. The summed E-state index contributed by atoms with van der Waals surface area (Å²) in [5.41, 5.74) is 0.491. The monoisotopic (exact) mass is 420 g/mol. The number of aromatic nitrogens is 1. The lowest BCUT2D eigenvalue weighted by molar-refractivity contribution is -0.132. The zero-order chi connectivity index (χ0) is 21.0. The van der Waals surface area contributed by atoms with Crippen LogP contribution >= 0.6 is 11.3 Å². The molecule has 5 rings (SSSR count). The number of rotatable bonds is 3. The number of ketones is 1. The van der Waals surface area contributed by atoms with Gasteiger partial charge in [0.1, 0.15) is 23.2 Å². The zero-order valence-electron chi connectivity index (χ0n) is 16.8. The Morgan fingerprint density at radius 1 is 1.27 bits per heavy atom. The van der Waals surface area contributed by atoms with E-state index in [-0.39, 0.29) is 11.3 Å². The molecule has 7 heteroatoms. The number of hydrogen-bond donors (Lipinski definition) is 0. The van der Waals surface area contributed by atoms with E-state index in [9.17, 15) is 9.59 Å². The van der Waals surface area contributed by atoms with Crippen LogP contribution in [0.2, 0.25) is 0 Å². The number of thiazole rings is 1. The largest absolute Gasteiger partial charge is 0.497 e. The number of hydrogen-bond acceptors (Lipinski definition) is 6. The fraction of sp³-hybridized carbons (Fsp3) is 0.261. The number of carbonyl (C=O) groups excluding carboxylic acids is 1. The minimum absolute atomic E-state index is 0.0529. The summed E-state index contributed by atoms with van der Waals surface area (Å²) in [6.07, 6.45) is 1.83. The summed E-state index contributed by atoms with van der Waals surface area (Å²) in [5.74, 6) is 0.755. The normalized spacial score (nSPS) is 24.3. The Hall–Kier alpha value is -3.19. The highest BCUT2D eigenvalue weighted by atomic mass is 32.1. The number of nitrogens with zero attached hydrogens (tertiary/aromatic N) is 2. The Labute approximate surface area is 176 Å². The molecule has 0 N–H and O–H groups in total. The van der Waals surface area contributed by atoms with Crippen molar-refractivity contribution in [3.05, 3.63) is 79.3 Å². The maximum atomic E-state index is 13.5. The maximum Gasteiger partial charge on any atom is 0.270 e. The van der Waals surface area contributed by atoms with E-state index in [1.807, 2.05) is 61.5 Å². The highest BCUT2D eigenvalue weighted by Gasteiger charge is 2.53. The quantitative estimate of drug-likeness (QED) is 0.652. The van der Waals surface area contributed by atoms with Crippen molar-refractivity contribution in [1.82, 2.24) is 4.57 Å². The third-order valence-corrected chi connectivity index (χ3v) is 6.69. The van der Waals surface area contributed by atoms with Gasteiger partial charge in [0.25, 0.3) is 5.56 Å². The van der Waals surface area contributed by atoms with E-state index in [0.717, 1.165) is 16.9 Å². The summed E-state index contributed by atoms with van der Waals surface area (Å²) in [4.78, 5) is 31.4. The Kier molecular flexibility index (Phi) is 4.18. The Morgan fingerprint density at radius 2 is 2.07 bits per heavy atom. The first-order chi connectivity index (χ1) is 14.4. The van der Waals surface area contributed by atoms with Crippen molar-refractivity contribution in [2.75, 3.05) is 7.11 Å². The van der Waals surface area contributed by atoms with Crippen molar-refractivity contribution in [1.29, 1.82) is 0 Å². The molecule has 0 spiro atoms. The Morgan fingerprint density at radius 3 is 2.83 bits per heavy atom. The van der Waals surface area contributed by atoms with Gasteiger partial charge in [-0.15, -0.1) is 0 Å². The minimum atomic E-state index is -1.05. The molecular weight excluding hydrogens is 400 g/mol. The molecule has 2 bridgehead atoms. The second kappa shape index (κ2) is 6.67. The average Bonchev–Trinajstić information content (AvgIpc) is 3.01. The van der Waals surface area contributed by atoms with Crippen LogP contribution in [0.15, 0.2) is 58.3 Å². The number of Topliss-reactive ketones (excluding diaryl/α,β-unsaturated/α-hetero) is 1. The van der Waals surface area contributed by atoms with Gasteiger partial charge in [0.15, 0.2) is 4.80 Å². The fourth-order valence-corrected chi connectivity index (χ4v) is 5.54. The number of ether oxygens (including phenoxy) is 2. The number of carbonyl (C=O) groups is 1. The molecule has 0 saturated heterocycles. The summed E-state index contributed by atoms with van der Waals surface area (Å²) < 4.78 is 13.7. The van der Waals surface area contributed by atoms with Gasteiger partial charge in [-0.05, 0) is 43.7 Å². The molecule has 1 aromatic heterocycles. The van der Waals surface area contributed by atoms with E-state index in [0.29, 0.717) is 15.1 Å². The molecule has 0 saturated carbocycles. The van der Waals surface area contributed by atoms with Gasteiger partial charge in [-0.3, -0.25) is 14.2 Å². The van der Waals surface area contributed by atoms with Crippen LogP contribution in [0.5, 0.6) is 11.5 Å². The van der Waals surface area contributed by atoms with Crippen molar-refractivity contribution < 1.29 is 14.3 Å². The van der Waals surface area contributed by atoms with E-state index < -0.39 is 17.7 Å². The van der Waals surface area contributed by atoms with Crippen LogP contribution < -0.4 is 24.4 Å². The molecule has 0 aliphatic carbocycles. The second-order valence-corrected chi connectivity index (χ2v) is 8.69. The molecule has 2 aliphatic rings. The lowest BCUT2D eigenvalue weighted by Crippen LogP contribution is -2.58. The van der Waals surface area contributed by atoms with Gasteiger partial charge in [-0.1, -0.05) is 41.7 Å². The van der Waals surface area contributed by atoms with E-state index in [2.05, 4.69) is 0 Å².